The lowest BCUT2D eigenvalue weighted by atomic mass is 9.97. The van der Waals surface area contributed by atoms with Gasteiger partial charge in [0.2, 0.25) is 5.91 Å². The van der Waals surface area contributed by atoms with E-state index in [1.807, 2.05) is 16.7 Å². The third-order valence-corrected chi connectivity index (χ3v) is 5.05. The summed E-state index contributed by atoms with van der Waals surface area (Å²) in [6.45, 7) is 4.81. The number of anilines is 1. The summed E-state index contributed by atoms with van der Waals surface area (Å²) in [5.41, 5.74) is 0.812. The van der Waals surface area contributed by atoms with Gasteiger partial charge in [-0.3, -0.25) is 4.79 Å². The molecule has 1 N–H and O–H groups in total. The minimum Gasteiger partial charge on any atom is -0.392 e. The van der Waals surface area contributed by atoms with Crippen LogP contribution >= 0.6 is 0 Å². The zero-order valence-corrected chi connectivity index (χ0v) is 14.1. The lowest BCUT2D eigenvalue weighted by molar-refractivity contribution is -0.141. The smallest absolute Gasteiger partial charge is 0.226 e. The Balaban J connectivity index is 1.68. The molecule has 3 rings (SSSR count). The molecule has 2 aliphatic rings. The number of rotatable bonds is 3. The normalized spacial score (nSPS) is 22.7. The van der Waals surface area contributed by atoms with Crippen molar-refractivity contribution in [1.29, 1.82) is 0 Å². The molecule has 0 bridgehead atoms. The average molecular weight is 336 g/mol. The molecule has 2 fully saturated rings. The predicted molar refractivity (Wildman–Crippen MR) is 89.3 cm³/mol. The van der Waals surface area contributed by atoms with Gasteiger partial charge in [-0.25, -0.2) is 4.39 Å². The van der Waals surface area contributed by atoms with E-state index in [1.165, 1.54) is 0 Å². The molecule has 6 heteroatoms. The molecule has 5 nitrogen and oxygen atoms in total. The van der Waals surface area contributed by atoms with Gasteiger partial charge >= 0.3 is 0 Å². The molecule has 0 aromatic heterocycles. The molecule has 0 unspecified atom stereocenters. The molecule has 1 aromatic rings. The van der Waals surface area contributed by atoms with Crippen molar-refractivity contribution in [3.05, 3.63) is 29.6 Å². The lowest BCUT2D eigenvalue weighted by Crippen LogP contribution is -2.56. The van der Waals surface area contributed by atoms with Crippen LogP contribution in [0.2, 0.25) is 0 Å². The zero-order valence-electron chi connectivity index (χ0n) is 14.1. The highest BCUT2D eigenvalue weighted by atomic mass is 19.1. The van der Waals surface area contributed by atoms with Crippen molar-refractivity contribution in [3.63, 3.8) is 0 Å². The zero-order chi connectivity index (χ0) is 17.1. The Bertz CT molecular complexity index is 590. The van der Waals surface area contributed by atoms with E-state index in [2.05, 4.69) is 0 Å². The highest BCUT2D eigenvalue weighted by molar-refractivity contribution is 5.79. The van der Waals surface area contributed by atoms with E-state index in [0.717, 1.165) is 12.8 Å². The van der Waals surface area contributed by atoms with E-state index in [0.29, 0.717) is 44.1 Å². The second-order valence-electron chi connectivity index (χ2n) is 6.62. The van der Waals surface area contributed by atoms with Crippen LogP contribution in [0.1, 0.15) is 25.3 Å². The molecule has 0 spiro atoms. The van der Waals surface area contributed by atoms with E-state index in [1.54, 1.807) is 18.2 Å². The first-order valence-electron chi connectivity index (χ1n) is 8.63. The monoisotopic (exact) mass is 336 g/mol. The number of benzene rings is 1. The summed E-state index contributed by atoms with van der Waals surface area (Å²) in [7, 11) is 0. The summed E-state index contributed by atoms with van der Waals surface area (Å²) in [5, 5.41) is 9.23. The summed E-state index contributed by atoms with van der Waals surface area (Å²) in [6.07, 6.45) is 1.58. The van der Waals surface area contributed by atoms with Gasteiger partial charge in [0.05, 0.1) is 12.3 Å². The van der Waals surface area contributed by atoms with Crippen LogP contribution < -0.4 is 4.90 Å². The van der Waals surface area contributed by atoms with Gasteiger partial charge in [0.25, 0.3) is 0 Å². The van der Waals surface area contributed by atoms with Crippen LogP contribution in [0.4, 0.5) is 10.1 Å². The Morgan fingerprint density at radius 1 is 1.33 bits per heavy atom. The number of carbonyl (C=O) groups excluding carboxylic acids is 1. The number of amides is 1. The molecule has 0 aliphatic carbocycles. The Morgan fingerprint density at radius 3 is 2.75 bits per heavy atom. The summed E-state index contributed by atoms with van der Waals surface area (Å²) in [6, 6.07) is 5.12. The first-order chi connectivity index (χ1) is 11.6. The maximum atomic E-state index is 14.4. The third-order valence-electron chi connectivity index (χ3n) is 5.05. The molecule has 2 saturated heterocycles. The minimum atomic E-state index is -0.364. The quantitative estimate of drug-likeness (QED) is 0.914. The van der Waals surface area contributed by atoms with E-state index >= 15 is 0 Å². The number of ether oxygens (including phenoxy) is 1. The second kappa shape index (κ2) is 7.49. The number of nitrogens with zero attached hydrogens (tertiary/aromatic N) is 2. The minimum absolute atomic E-state index is 0.0336. The van der Waals surface area contributed by atoms with Crippen LogP contribution in [-0.4, -0.2) is 54.8 Å². The Labute approximate surface area is 142 Å². The van der Waals surface area contributed by atoms with E-state index in [4.69, 9.17) is 4.74 Å². The van der Waals surface area contributed by atoms with Gasteiger partial charge in [-0.2, -0.15) is 0 Å². The molecule has 0 radical (unpaired) electrons. The summed E-state index contributed by atoms with van der Waals surface area (Å²) >= 11 is 0. The summed E-state index contributed by atoms with van der Waals surface area (Å²) in [5.74, 6) is -0.103. The van der Waals surface area contributed by atoms with Crippen molar-refractivity contribution in [2.24, 2.45) is 5.92 Å². The first kappa shape index (κ1) is 17.2. The van der Waals surface area contributed by atoms with Gasteiger partial charge in [0, 0.05) is 50.4 Å². The van der Waals surface area contributed by atoms with Crippen LogP contribution in [0.5, 0.6) is 0 Å². The molecule has 24 heavy (non-hydrogen) atoms. The topological polar surface area (TPSA) is 53.0 Å². The van der Waals surface area contributed by atoms with Crippen molar-refractivity contribution >= 4 is 11.6 Å². The fourth-order valence-corrected chi connectivity index (χ4v) is 3.62. The maximum absolute atomic E-state index is 14.4. The van der Waals surface area contributed by atoms with E-state index in [-0.39, 0.29) is 30.3 Å². The number of aliphatic hydroxyl groups excluding tert-OH is 1. The largest absolute Gasteiger partial charge is 0.392 e. The van der Waals surface area contributed by atoms with Crippen molar-refractivity contribution in [2.45, 2.75) is 32.4 Å². The molecular formula is C18H25FN2O3. The first-order valence-corrected chi connectivity index (χ1v) is 8.63. The molecule has 1 aromatic carbocycles. The highest BCUT2D eigenvalue weighted by Crippen LogP contribution is 2.27. The molecule has 0 saturated carbocycles. The molecular weight excluding hydrogens is 311 g/mol. The number of aliphatic hydroxyl groups is 1. The Morgan fingerprint density at radius 2 is 2.08 bits per heavy atom. The fourth-order valence-electron chi connectivity index (χ4n) is 3.62. The Hall–Kier alpha value is -1.66. The number of piperazine rings is 1. The number of halogens is 1. The second-order valence-corrected chi connectivity index (χ2v) is 6.62. The van der Waals surface area contributed by atoms with Crippen LogP contribution in [0.15, 0.2) is 18.2 Å². The summed E-state index contributed by atoms with van der Waals surface area (Å²) in [4.78, 5) is 16.6. The predicted octanol–water partition coefficient (Wildman–Crippen LogP) is 1.78. The van der Waals surface area contributed by atoms with Gasteiger partial charge in [-0.15, -0.1) is 0 Å². The average Bonchev–Trinajstić information content (AvgIpc) is 2.62. The molecule has 2 aliphatic heterocycles. The Kier molecular flexibility index (Phi) is 5.36. The van der Waals surface area contributed by atoms with Crippen LogP contribution in [0, 0.1) is 11.7 Å². The molecule has 2 heterocycles. The van der Waals surface area contributed by atoms with Crippen LogP contribution in [0.25, 0.3) is 0 Å². The van der Waals surface area contributed by atoms with Gasteiger partial charge in [-0.05, 0) is 25.8 Å². The van der Waals surface area contributed by atoms with Gasteiger partial charge in [-0.1, -0.05) is 12.1 Å². The summed E-state index contributed by atoms with van der Waals surface area (Å²) < 4.78 is 19.8. The van der Waals surface area contributed by atoms with Crippen molar-refractivity contribution in [1.82, 2.24) is 4.90 Å². The number of hydrogen-bond donors (Lipinski definition) is 1. The van der Waals surface area contributed by atoms with Crippen molar-refractivity contribution in [2.75, 3.05) is 37.7 Å². The molecule has 1 atom stereocenters. The maximum Gasteiger partial charge on any atom is 0.226 e. The van der Waals surface area contributed by atoms with Crippen LogP contribution in [0.3, 0.4) is 0 Å². The standard InChI is InChI=1S/C18H25FN2O3/c1-13-11-20(16-4-2-3-15(12-22)17(16)19)7-8-21(13)18(23)14-5-9-24-10-6-14/h2-4,13-14,22H,5-12H2,1H3/t13-/m1/s1. The SMILES string of the molecule is C[C@@H]1CN(c2cccc(CO)c2F)CCN1C(=O)C1CCOCC1. The van der Waals surface area contributed by atoms with Crippen LogP contribution in [-0.2, 0) is 16.1 Å². The van der Waals surface area contributed by atoms with Gasteiger partial charge in [0.15, 0.2) is 5.82 Å². The molecule has 132 valence electrons. The lowest BCUT2D eigenvalue weighted by Gasteiger charge is -2.42. The number of hydrogen-bond acceptors (Lipinski definition) is 4. The molecule has 1 amide bonds. The fraction of sp³-hybridized carbons (Fsp3) is 0.611. The van der Waals surface area contributed by atoms with Crippen molar-refractivity contribution < 1.29 is 19.0 Å². The van der Waals surface area contributed by atoms with E-state index < -0.39 is 0 Å². The van der Waals surface area contributed by atoms with E-state index in [9.17, 15) is 14.3 Å². The van der Waals surface area contributed by atoms with Crippen molar-refractivity contribution in [3.8, 4) is 0 Å². The van der Waals surface area contributed by atoms with Gasteiger partial charge < -0.3 is 19.6 Å². The third kappa shape index (κ3) is 3.39. The number of carbonyl (C=O) groups is 1. The van der Waals surface area contributed by atoms with Gasteiger partial charge in [0.1, 0.15) is 0 Å². The highest BCUT2D eigenvalue weighted by Gasteiger charge is 2.33.